The number of nitriles is 2. The molecule has 0 N–H and O–H groups in total. The minimum atomic E-state index is -0.646. The molecule has 126 valence electrons. The molecule has 25 heavy (non-hydrogen) atoms. The summed E-state index contributed by atoms with van der Waals surface area (Å²) in [7, 11) is 0. The van der Waals surface area contributed by atoms with E-state index in [9.17, 15) is 10.1 Å². The Morgan fingerprint density at radius 2 is 1.96 bits per heavy atom. The van der Waals surface area contributed by atoms with Crippen molar-refractivity contribution in [2.45, 2.75) is 12.8 Å². The van der Waals surface area contributed by atoms with Crippen LogP contribution in [0.15, 0.2) is 30.9 Å². The highest BCUT2D eigenvalue weighted by atomic mass is 16.6. The molecule has 0 atom stereocenters. The van der Waals surface area contributed by atoms with Crippen molar-refractivity contribution >= 4 is 11.5 Å². The number of hydrogen-bond acceptors (Lipinski definition) is 9. The Hall–Kier alpha value is -3.79. The van der Waals surface area contributed by atoms with Gasteiger partial charge in [0.1, 0.15) is 12.1 Å². The maximum absolute atomic E-state index is 11.6. The van der Waals surface area contributed by atoms with Gasteiger partial charge in [-0.1, -0.05) is 0 Å². The maximum Gasteiger partial charge on any atom is 0.373 e. The Balaban J connectivity index is 2.42. The lowest BCUT2D eigenvalue weighted by Gasteiger charge is -2.21. The van der Waals surface area contributed by atoms with Crippen molar-refractivity contribution in [3.05, 3.63) is 41.0 Å². The van der Waals surface area contributed by atoms with Crippen LogP contribution in [0, 0.1) is 32.8 Å². The second-order valence-electron chi connectivity index (χ2n) is 4.70. The molecule has 2 aromatic heterocycles. The fourth-order valence-electron chi connectivity index (χ4n) is 2.03. The van der Waals surface area contributed by atoms with Gasteiger partial charge in [-0.05, 0) is 12.1 Å². The third-order valence-corrected chi connectivity index (χ3v) is 3.09. The van der Waals surface area contributed by atoms with Crippen molar-refractivity contribution < 1.29 is 9.66 Å². The molecule has 0 saturated carbocycles. The fourth-order valence-corrected chi connectivity index (χ4v) is 2.03. The van der Waals surface area contributed by atoms with Crippen LogP contribution >= 0.6 is 0 Å². The molecule has 0 aliphatic carbocycles. The van der Waals surface area contributed by atoms with Crippen LogP contribution in [0.4, 0.5) is 11.5 Å². The third kappa shape index (κ3) is 4.59. The van der Waals surface area contributed by atoms with Crippen molar-refractivity contribution in [1.82, 2.24) is 15.0 Å². The molecule has 0 aliphatic heterocycles. The summed E-state index contributed by atoms with van der Waals surface area (Å²) in [4.78, 5) is 24.1. The van der Waals surface area contributed by atoms with E-state index in [-0.39, 0.29) is 43.4 Å². The monoisotopic (exact) mass is 339 g/mol. The van der Waals surface area contributed by atoms with Crippen LogP contribution in [0.3, 0.4) is 0 Å². The highest BCUT2D eigenvalue weighted by Gasteiger charge is 2.28. The van der Waals surface area contributed by atoms with Crippen molar-refractivity contribution in [2.75, 3.05) is 18.0 Å². The molecule has 2 rings (SSSR count). The Morgan fingerprint density at radius 3 is 2.52 bits per heavy atom. The SMILES string of the molecule is N#CCCN(CCC#N)c1ncnc(Oc2cccnc2)c1[N+](=O)[O-]. The minimum absolute atomic E-state index is 0.00407. The van der Waals surface area contributed by atoms with E-state index in [1.807, 2.05) is 12.1 Å². The Kier molecular flexibility index (Phi) is 6.14. The van der Waals surface area contributed by atoms with Gasteiger partial charge >= 0.3 is 11.6 Å². The van der Waals surface area contributed by atoms with Crippen molar-refractivity contribution in [3.63, 3.8) is 0 Å². The molecular formula is C15H13N7O3. The molecule has 2 heterocycles. The minimum Gasteiger partial charge on any atom is -0.432 e. The summed E-state index contributed by atoms with van der Waals surface area (Å²) >= 11 is 0. The van der Waals surface area contributed by atoms with Crippen LogP contribution in [0.2, 0.25) is 0 Å². The van der Waals surface area contributed by atoms with Crippen molar-refractivity contribution in [2.24, 2.45) is 0 Å². The Morgan fingerprint density at radius 1 is 1.24 bits per heavy atom. The second-order valence-corrected chi connectivity index (χ2v) is 4.70. The molecule has 0 bridgehead atoms. The maximum atomic E-state index is 11.6. The number of aromatic nitrogens is 3. The van der Waals surface area contributed by atoms with Gasteiger partial charge in [0.2, 0.25) is 5.82 Å². The first-order valence-electron chi connectivity index (χ1n) is 7.23. The molecule has 0 spiro atoms. The van der Waals surface area contributed by atoms with Gasteiger partial charge in [0, 0.05) is 19.3 Å². The van der Waals surface area contributed by atoms with Gasteiger partial charge in [0.15, 0.2) is 0 Å². The highest BCUT2D eigenvalue weighted by molar-refractivity contribution is 5.63. The summed E-state index contributed by atoms with van der Waals surface area (Å²) in [5.74, 6) is 0.0576. The average Bonchev–Trinajstić information content (AvgIpc) is 2.62. The molecule has 10 heteroatoms. The van der Waals surface area contributed by atoms with Crippen molar-refractivity contribution in [1.29, 1.82) is 10.5 Å². The Bertz CT molecular complexity index is 796. The summed E-state index contributed by atoms with van der Waals surface area (Å²) in [5.41, 5.74) is -0.428. The zero-order valence-corrected chi connectivity index (χ0v) is 13.1. The van der Waals surface area contributed by atoms with Gasteiger partial charge < -0.3 is 9.64 Å². The summed E-state index contributed by atoms with van der Waals surface area (Å²) in [6.45, 7) is 0.394. The second kappa shape index (κ2) is 8.74. The average molecular weight is 339 g/mol. The van der Waals surface area contributed by atoms with Crippen LogP contribution in [0.1, 0.15) is 12.8 Å². The predicted octanol–water partition coefficient (Wildman–Crippen LogP) is 2.21. The number of hydrogen-bond donors (Lipinski definition) is 0. The predicted molar refractivity (Wildman–Crippen MR) is 85.7 cm³/mol. The van der Waals surface area contributed by atoms with Gasteiger partial charge in [-0.15, -0.1) is 0 Å². The molecule has 10 nitrogen and oxygen atoms in total. The quantitative estimate of drug-likeness (QED) is 0.522. The van der Waals surface area contributed by atoms with E-state index < -0.39 is 10.6 Å². The van der Waals surface area contributed by atoms with E-state index in [2.05, 4.69) is 15.0 Å². The van der Waals surface area contributed by atoms with E-state index in [0.29, 0.717) is 0 Å². The number of rotatable bonds is 8. The molecule has 0 unspecified atom stereocenters. The van der Waals surface area contributed by atoms with Gasteiger partial charge in [-0.2, -0.15) is 15.5 Å². The Labute approximate surface area is 143 Å². The molecule has 0 aromatic carbocycles. The lowest BCUT2D eigenvalue weighted by molar-refractivity contribution is -0.385. The zero-order chi connectivity index (χ0) is 18.1. The summed E-state index contributed by atoms with van der Waals surface area (Å²) < 4.78 is 5.46. The lowest BCUT2D eigenvalue weighted by Crippen LogP contribution is -2.27. The molecule has 2 aromatic rings. The zero-order valence-electron chi connectivity index (χ0n) is 13.1. The summed E-state index contributed by atoms with van der Waals surface area (Å²) in [6, 6.07) is 7.15. The smallest absolute Gasteiger partial charge is 0.373 e. The van der Waals surface area contributed by atoms with E-state index in [1.54, 1.807) is 12.1 Å². The van der Waals surface area contributed by atoms with Crippen molar-refractivity contribution in [3.8, 4) is 23.8 Å². The van der Waals surface area contributed by atoms with E-state index in [4.69, 9.17) is 15.3 Å². The number of nitro groups is 1. The van der Waals surface area contributed by atoms with Gasteiger partial charge in [-0.3, -0.25) is 15.1 Å². The molecular weight excluding hydrogens is 326 g/mol. The number of pyridine rings is 1. The van der Waals surface area contributed by atoms with Gasteiger partial charge in [0.05, 0.1) is 36.1 Å². The molecule has 0 radical (unpaired) electrons. The first-order chi connectivity index (χ1) is 12.2. The number of anilines is 1. The molecule has 0 amide bonds. The van der Waals surface area contributed by atoms with E-state index >= 15 is 0 Å². The van der Waals surface area contributed by atoms with Crippen LogP contribution in [0.25, 0.3) is 0 Å². The van der Waals surface area contributed by atoms with E-state index in [0.717, 1.165) is 6.33 Å². The van der Waals surface area contributed by atoms with Crippen LogP contribution in [-0.2, 0) is 0 Å². The number of ether oxygens (including phenoxy) is 1. The largest absolute Gasteiger partial charge is 0.432 e. The molecule has 0 aliphatic rings. The first-order valence-corrected chi connectivity index (χ1v) is 7.23. The van der Waals surface area contributed by atoms with E-state index in [1.165, 1.54) is 17.3 Å². The first kappa shape index (κ1) is 17.6. The summed E-state index contributed by atoms with van der Waals surface area (Å²) in [5, 5.41) is 29.1. The topological polar surface area (TPSA) is 142 Å². The van der Waals surface area contributed by atoms with Crippen LogP contribution < -0.4 is 9.64 Å². The van der Waals surface area contributed by atoms with Crippen LogP contribution in [-0.4, -0.2) is 33.0 Å². The summed E-state index contributed by atoms with van der Waals surface area (Å²) in [6.07, 6.45) is 4.34. The van der Waals surface area contributed by atoms with Gasteiger partial charge in [0.25, 0.3) is 0 Å². The molecule has 0 fully saturated rings. The fraction of sp³-hybridized carbons (Fsp3) is 0.267. The highest BCUT2D eigenvalue weighted by Crippen LogP contribution is 2.35. The molecule has 0 saturated heterocycles. The van der Waals surface area contributed by atoms with Gasteiger partial charge in [-0.25, -0.2) is 4.98 Å². The number of nitrogens with zero attached hydrogens (tertiary/aromatic N) is 7. The third-order valence-electron chi connectivity index (χ3n) is 3.09. The lowest BCUT2D eigenvalue weighted by atomic mass is 10.3. The standard InChI is InChI=1S/C15H13N7O3/c16-5-2-8-21(9-3-6-17)14-13(22(23)24)15(20-11-19-14)25-12-4-1-7-18-10-12/h1,4,7,10-11H,2-3,8-9H2. The van der Waals surface area contributed by atoms with Crippen LogP contribution in [0.5, 0.6) is 11.6 Å². The normalized spacial score (nSPS) is 9.68.